The van der Waals surface area contributed by atoms with Gasteiger partial charge in [-0.1, -0.05) is 35.9 Å². The van der Waals surface area contributed by atoms with Gasteiger partial charge >= 0.3 is 0 Å². The zero-order valence-electron chi connectivity index (χ0n) is 15.2. The van der Waals surface area contributed by atoms with E-state index in [0.29, 0.717) is 5.92 Å². The van der Waals surface area contributed by atoms with E-state index in [4.69, 9.17) is 11.6 Å². The third-order valence-corrected chi connectivity index (χ3v) is 6.10. The largest absolute Gasteiger partial charge is 0.356 e. The number of rotatable bonds is 6. The number of nitrogens with one attached hydrogen (secondary N) is 2. The first-order valence-corrected chi connectivity index (χ1v) is 10.4. The molecule has 26 heavy (non-hydrogen) atoms. The molecule has 0 bridgehead atoms. The molecule has 1 saturated heterocycles. The molecule has 140 valence electrons. The van der Waals surface area contributed by atoms with Gasteiger partial charge in [-0.3, -0.25) is 9.89 Å². The van der Waals surface area contributed by atoms with E-state index in [1.807, 2.05) is 19.2 Å². The number of hydrogen-bond donors (Lipinski definition) is 2. The van der Waals surface area contributed by atoms with Crippen LogP contribution in [0.2, 0.25) is 5.02 Å². The van der Waals surface area contributed by atoms with Gasteiger partial charge in [0.05, 0.1) is 6.54 Å². The molecular weight excluding hydrogens is 364 g/mol. The molecule has 2 aromatic rings. The van der Waals surface area contributed by atoms with E-state index in [-0.39, 0.29) is 0 Å². The normalized spacial score (nSPS) is 16.6. The van der Waals surface area contributed by atoms with Gasteiger partial charge < -0.3 is 10.6 Å². The zero-order chi connectivity index (χ0) is 18.2. The van der Waals surface area contributed by atoms with Crippen LogP contribution >= 0.6 is 22.9 Å². The summed E-state index contributed by atoms with van der Waals surface area (Å²) in [4.78, 5) is 8.15. The molecule has 0 spiro atoms. The number of halogens is 1. The molecule has 1 aromatic heterocycles. The van der Waals surface area contributed by atoms with Crippen molar-refractivity contribution in [1.29, 1.82) is 0 Å². The summed E-state index contributed by atoms with van der Waals surface area (Å²) < 4.78 is 0. The molecule has 6 heteroatoms. The van der Waals surface area contributed by atoms with Gasteiger partial charge in [-0.25, -0.2) is 0 Å². The van der Waals surface area contributed by atoms with Crippen molar-refractivity contribution in [3.05, 3.63) is 57.2 Å². The van der Waals surface area contributed by atoms with Gasteiger partial charge in [0.2, 0.25) is 0 Å². The molecular formula is C20H27ClN4S. The Kier molecular flexibility index (Phi) is 7.35. The Balaban J connectivity index is 1.37. The monoisotopic (exact) mass is 390 g/mol. The van der Waals surface area contributed by atoms with E-state index in [9.17, 15) is 0 Å². The van der Waals surface area contributed by atoms with Crippen LogP contribution in [-0.2, 0) is 13.1 Å². The predicted octanol–water partition coefficient (Wildman–Crippen LogP) is 3.98. The minimum atomic E-state index is 0.692. The molecule has 1 aliphatic rings. The fraction of sp³-hybridized carbons (Fsp3) is 0.450. The van der Waals surface area contributed by atoms with Crippen molar-refractivity contribution in [1.82, 2.24) is 15.5 Å². The van der Waals surface area contributed by atoms with Crippen LogP contribution < -0.4 is 10.6 Å². The number of piperidine rings is 1. The van der Waals surface area contributed by atoms with Crippen molar-refractivity contribution >= 4 is 28.9 Å². The fourth-order valence-electron chi connectivity index (χ4n) is 3.26. The quantitative estimate of drug-likeness (QED) is 0.579. The van der Waals surface area contributed by atoms with Crippen molar-refractivity contribution in [3.8, 4) is 0 Å². The average molecular weight is 391 g/mol. The van der Waals surface area contributed by atoms with Crippen molar-refractivity contribution in [2.45, 2.75) is 25.9 Å². The van der Waals surface area contributed by atoms with Crippen LogP contribution in [0.4, 0.5) is 0 Å². The fourth-order valence-corrected chi connectivity index (χ4v) is 4.10. The van der Waals surface area contributed by atoms with E-state index in [2.05, 4.69) is 50.2 Å². The first-order chi connectivity index (χ1) is 12.7. The molecule has 0 aliphatic carbocycles. The molecule has 0 amide bonds. The Morgan fingerprint density at radius 2 is 2.00 bits per heavy atom. The molecule has 0 saturated carbocycles. The summed E-state index contributed by atoms with van der Waals surface area (Å²) in [5.41, 5.74) is 1.23. The smallest absolute Gasteiger partial charge is 0.191 e. The molecule has 2 heterocycles. The van der Waals surface area contributed by atoms with Crippen LogP contribution in [0.5, 0.6) is 0 Å². The maximum Gasteiger partial charge on any atom is 0.191 e. The maximum atomic E-state index is 6.28. The van der Waals surface area contributed by atoms with Crippen LogP contribution in [0.15, 0.2) is 46.8 Å². The Labute approximate surface area is 165 Å². The highest BCUT2D eigenvalue weighted by molar-refractivity contribution is 7.09. The van der Waals surface area contributed by atoms with Gasteiger partial charge in [-0.2, -0.15) is 0 Å². The number of thiophene rings is 1. The summed E-state index contributed by atoms with van der Waals surface area (Å²) in [6, 6.07) is 12.4. The van der Waals surface area contributed by atoms with Gasteiger partial charge in [0.1, 0.15) is 0 Å². The Hall–Kier alpha value is -1.56. The van der Waals surface area contributed by atoms with E-state index in [0.717, 1.165) is 43.7 Å². The first-order valence-electron chi connectivity index (χ1n) is 9.17. The van der Waals surface area contributed by atoms with Crippen LogP contribution in [0, 0.1) is 5.92 Å². The molecule has 0 atom stereocenters. The molecule has 2 N–H and O–H groups in total. The summed E-state index contributed by atoms with van der Waals surface area (Å²) in [6.07, 6.45) is 2.42. The van der Waals surface area contributed by atoms with Crippen LogP contribution in [0.3, 0.4) is 0 Å². The van der Waals surface area contributed by atoms with Gasteiger partial charge in [-0.15, -0.1) is 11.3 Å². The van der Waals surface area contributed by atoms with Crippen LogP contribution in [0.1, 0.15) is 23.3 Å². The van der Waals surface area contributed by atoms with Crippen molar-refractivity contribution in [3.63, 3.8) is 0 Å². The van der Waals surface area contributed by atoms with Crippen LogP contribution in [0.25, 0.3) is 0 Å². The second-order valence-corrected chi connectivity index (χ2v) is 8.14. The summed E-state index contributed by atoms with van der Waals surface area (Å²) in [5, 5.41) is 9.84. The van der Waals surface area contributed by atoms with Gasteiger partial charge in [0, 0.05) is 30.0 Å². The maximum absolute atomic E-state index is 6.28. The summed E-state index contributed by atoms with van der Waals surface area (Å²) in [7, 11) is 1.83. The van der Waals surface area contributed by atoms with Crippen LogP contribution in [-0.4, -0.2) is 37.5 Å². The number of benzene rings is 1. The second kappa shape index (κ2) is 9.95. The lowest BCUT2D eigenvalue weighted by Crippen LogP contribution is -2.42. The SMILES string of the molecule is CN=C(NCc1cccs1)NCC1CCN(Cc2ccccc2Cl)CC1. The minimum Gasteiger partial charge on any atom is -0.356 e. The standard InChI is InChI=1S/C20H27ClN4S/c1-22-20(24-14-18-6-4-12-26-18)23-13-16-8-10-25(11-9-16)15-17-5-2-3-7-19(17)21/h2-7,12,16H,8-11,13-15H2,1H3,(H2,22,23,24). The lowest BCUT2D eigenvalue weighted by atomic mass is 9.96. The predicted molar refractivity (Wildman–Crippen MR) is 112 cm³/mol. The molecule has 4 nitrogen and oxygen atoms in total. The second-order valence-electron chi connectivity index (χ2n) is 6.70. The molecule has 1 fully saturated rings. The highest BCUT2D eigenvalue weighted by atomic mass is 35.5. The van der Waals surface area contributed by atoms with E-state index >= 15 is 0 Å². The number of aliphatic imine (C=N–C) groups is 1. The van der Waals surface area contributed by atoms with E-state index in [1.165, 1.54) is 23.3 Å². The van der Waals surface area contributed by atoms with Gasteiger partial charge in [-0.05, 0) is 54.9 Å². The summed E-state index contributed by atoms with van der Waals surface area (Å²) in [6.45, 7) is 5.00. The lowest BCUT2D eigenvalue weighted by Gasteiger charge is -2.32. The lowest BCUT2D eigenvalue weighted by molar-refractivity contribution is 0.178. The first kappa shape index (κ1) is 19.2. The van der Waals surface area contributed by atoms with E-state index < -0.39 is 0 Å². The molecule has 3 rings (SSSR count). The summed E-state index contributed by atoms with van der Waals surface area (Å²) in [5.74, 6) is 1.58. The third-order valence-electron chi connectivity index (χ3n) is 4.85. The van der Waals surface area contributed by atoms with Gasteiger partial charge in [0.15, 0.2) is 5.96 Å². The topological polar surface area (TPSA) is 39.7 Å². The zero-order valence-corrected chi connectivity index (χ0v) is 16.8. The summed E-state index contributed by atoms with van der Waals surface area (Å²) >= 11 is 8.05. The number of hydrogen-bond acceptors (Lipinski definition) is 3. The Morgan fingerprint density at radius 1 is 1.19 bits per heavy atom. The van der Waals surface area contributed by atoms with Crippen molar-refractivity contribution in [2.24, 2.45) is 10.9 Å². The van der Waals surface area contributed by atoms with Crippen molar-refractivity contribution in [2.75, 3.05) is 26.7 Å². The molecule has 1 aromatic carbocycles. The molecule has 0 unspecified atom stereocenters. The number of likely N-dealkylation sites (tertiary alicyclic amines) is 1. The number of guanidine groups is 1. The average Bonchev–Trinajstić information content (AvgIpc) is 3.18. The highest BCUT2D eigenvalue weighted by Crippen LogP contribution is 2.21. The molecule has 1 aliphatic heterocycles. The minimum absolute atomic E-state index is 0.692. The van der Waals surface area contributed by atoms with Gasteiger partial charge in [0.25, 0.3) is 0 Å². The van der Waals surface area contributed by atoms with E-state index in [1.54, 1.807) is 11.3 Å². The van der Waals surface area contributed by atoms with Crippen molar-refractivity contribution < 1.29 is 0 Å². The highest BCUT2D eigenvalue weighted by Gasteiger charge is 2.20. The Morgan fingerprint density at radius 3 is 2.69 bits per heavy atom. The molecule has 0 radical (unpaired) electrons. The Bertz CT molecular complexity index is 694. The number of nitrogens with zero attached hydrogens (tertiary/aromatic N) is 2. The third kappa shape index (κ3) is 5.73.